The molecule has 0 N–H and O–H groups in total. The lowest BCUT2D eigenvalue weighted by molar-refractivity contribution is -0.137. The van der Waals surface area contributed by atoms with Crippen LogP contribution in [0.4, 0.5) is 17.6 Å². The van der Waals surface area contributed by atoms with Crippen LogP contribution in [0.5, 0.6) is 0 Å². The summed E-state index contributed by atoms with van der Waals surface area (Å²) in [7, 11) is 0. The highest BCUT2D eigenvalue weighted by Crippen LogP contribution is 2.30. The lowest BCUT2D eigenvalue weighted by Gasteiger charge is -2.08. The number of aryl methyl sites for hydroxylation is 1. The van der Waals surface area contributed by atoms with Gasteiger partial charge in [0.1, 0.15) is 0 Å². The van der Waals surface area contributed by atoms with Crippen LogP contribution >= 0.6 is 0 Å². The summed E-state index contributed by atoms with van der Waals surface area (Å²) in [6.45, 7) is 1.25. The number of hydrogen-bond acceptors (Lipinski definition) is 1. The van der Waals surface area contributed by atoms with Gasteiger partial charge in [-0.15, -0.1) is 0 Å². The number of alkyl halides is 3. The average Bonchev–Trinajstić information content (AvgIpc) is 2.01. The minimum Gasteiger partial charge on any atom is -0.255 e. The van der Waals surface area contributed by atoms with Crippen LogP contribution in [0.3, 0.4) is 0 Å². The standard InChI is InChI=1S/C9H6F4O/c1-5-4-6(9(11,12)13)2-3-7(5)8(10)14/h2-4H,1H3. The molecule has 76 valence electrons. The number of benzene rings is 1. The molecule has 0 bridgehead atoms. The first kappa shape index (κ1) is 10.7. The molecule has 1 nitrogen and oxygen atoms in total. The third-order valence-electron chi connectivity index (χ3n) is 1.77. The fourth-order valence-electron chi connectivity index (χ4n) is 1.06. The Morgan fingerprint density at radius 3 is 2.21 bits per heavy atom. The molecular weight excluding hydrogens is 200 g/mol. The fourth-order valence-corrected chi connectivity index (χ4v) is 1.06. The van der Waals surface area contributed by atoms with E-state index in [0.29, 0.717) is 6.07 Å². The van der Waals surface area contributed by atoms with E-state index < -0.39 is 17.8 Å². The molecule has 1 aromatic carbocycles. The summed E-state index contributed by atoms with van der Waals surface area (Å²) in [6, 6.07) is 0.531. The molecule has 0 atom stereocenters. The summed E-state index contributed by atoms with van der Waals surface area (Å²) in [6.07, 6.45) is -4.47. The molecule has 0 aliphatic heterocycles. The first-order chi connectivity index (χ1) is 6.32. The van der Waals surface area contributed by atoms with E-state index in [4.69, 9.17) is 0 Å². The van der Waals surface area contributed by atoms with Crippen LogP contribution in [0.2, 0.25) is 0 Å². The lowest BCUT2D eigenvalue weighted by Crippen LogP contribution is -2.06. The molecule has 14 heavy (non-hydrogen) atoms. The van der Waals surface area contributed by atoms with Crippen LogP contribution in [-0.4, -0.2) is 6.04 Å². The highest BCUT2D eigenvalue weighted by Gasteiger charge is 2.30. The molecule has 0 aliphatic rings. The number of hydrogen-bond donors (Lipinski definition) is 0. The van der Waals surface area contributed by atoms with E-state index in [0.717, 1.165) is 12.1 Å². The normalized spacial score (nSPS) is 11.5. The maximum Gasteiger partial charge on any atom is 0.416 e. The largest absolute Gasteiger partial charge is 0.416 e. The second-order valence-electron chi connectivity index (χ2n) is 2.80. The Balaban J connectivity index is 3.20. The van der Waals surface area contributed by atoms with Crippen molar-refractivity contribution in [1.29, 1.82) is 0 Å². The second-order valence-corrected chi connectivity index (χ2v) is 2.80. The first-order valence-electron chi connectivity index (χ1n) is 3.70. The van der Waals surface area contributed by atoms with Crippen molar-refractivity contribution in [2.75, 3.05) is 0 Å². The van der Waals surface area contributed by atoms with Crippen molar-refractivity contribution in [2.24, 2.45) is 0 Å². The molecule has 0 amide bonds. The van der Waals surface area contributed by atoms with Gasteiger partial charge in [-0.25, -0.2) is 0 Å². The molecule has 1 rings (SSSR count). The van der Waals surface area contributed by atoms with Crippen molar-refractivity contribution in [3.63, 3.8) is 0 Å². The monoisotopic (exact) mass is 206 g/mol. The Kier molecular flexibility index (Phi) is 2.59. The van der Waals surface area contributed by atoms with E-state index in [9.17, 15) is 22.4 Å². The zero-order valence-corrected chi connectivity index (χ0v) is 7.15. The van der Waals surface area contributed by atoms with Crippen molar-refractivity contribution < 1.29 is 22.4 Å². The van der Waals surface area contributed by atoms with Gasteiger partial charge in [-0.2, -0.15) is 17.6 Å². The van der Waals surface area contributed by atoms with Gasteiger partial charge in [-0.3, -0.25) is 4.79 Å². The summed E-state index contributed by atoms with van der Waals surface area (Å²) >= 11 is 0. The summed E-state index contributed by atoms with van der Waals surface area (Å²) in [4.78, 5) is 10.3. The van der Waals surface area contributed by atoms with Crippen LogP contribution in [0.25, 0.3) is 0 Å². The molecule has 0 heterocycles. The Morgan fingerprint density at radius 1 is 1.29 bits per heavy atom. The smallest absolute Gasteiger partial charge is 0.255 e. The summed E-state index contributed by atoms with van der Waals surface area (Å²) in [5, 5.41) is 0. The number of halogens is 4. The molecule has 0 aromatic heterocycles. The summed E-state index contributed by atoms with van der Waals surface area (Å²) in [5.41, 5.74) is -1.25. The number of carbonyl (C=O) groups excluding carboxylic acids is 1. The second kappa shape index (κ2) is 3.40. The fraction of sp³-hybridized carbons (Fsp3) is 0.222. The van der Waals surface area contributed by atoms with Gasteiger partial charge in [0.15, 0.2) is 0 Å². The van der Waals surface area contributed by atoms with Crippen molar-refractivity contribution in [1.82, 2.24) is 0 Å². The molecule has 0 spiro atoms. The van der Waals surface area contributed by atoms with Gasteiger partial charge < -0.3 is 0 Å². The first-order valence-corrected chi connectivity index (χ1v) is 3.70. The van der Waals surface area contributed by atoms with E-state index in [1.54, 1.807) is 0 Å². The zero-order chi connectivity index (χ0) is 10.9. The Labute approximate surface area is 77.3 Å². The van der Waals surface area contributed by atoms with Crippen LogP contribution in [0.15, 0.2) is 18.2 Å². The van der Waals surface area contributed by atoms with E-state index in [2.05, 4.69) is 0 Å². The number of carbonyl (C=O) groups is 1. The van der Waals surface area contributed by atoms with Gasteiger partial charge in [0.2, 0.25) is 0 Å². The minimum atomic E-state index is -4.47. The molecule has 5 heteroatoms. The van der Waals surface area contributed by atoms with Gasteiger partial charge in [0, 0.05) is 0 Å². The van der Waals surface area contributed by atoms with Gasteiger partial charge in [0.05, 0.1) is 11.1 Å². The molecule has 0 saturated heterocycles. The van der Waals surface area contributed by atoms with E-state index in [-0.39, 0.29) is 11.1 Å². The number of rotatable bonds is 1. The third-order valence-corrected chi connectivity index (χ3v) is 1.77. The Morgan fingerprint density at radius 2 is 1.86 bits per heavy atom. The summed E-state index contributed by atoms with van der Waals surface area (Å²) < 4.78 is 48.6. The molecule has 0 aliphatic carbocycles. The van der Waals surface area contributed by atoms with Crippen LogP contribution < -0.4 is 0 Å². The van der Waals surface area contributed by atoms with Gasteiger partial charge in [-0.1, -0.05) is 0 Å². The predicted octanol–water partition coefficient (Wildman–Crippen LogP) is 3.12. The lowest BCUT2D eigenvalue weighted by atomic mass is 10.1. The summed E-state index contributed by atoms with van der Waals surface area (Å²) in [5.74, 6) is 0. The SMILES string of the molecule is Cc1cc(C(F)(F)F)ccc1C(=O)F. The third kappa shape index (κ3) is 2.10. The average molecular weight is 206 g/mol. The van der Waals surface area contributed by atoms with E-state index >= 15 is 0 Å². The Hall–Kier alpha value is -1.39. The van der Waals surface area contributed by atoms with Crippen LogP contribution in [-0.2, 0) is 6.18 Å². The molecule has 0 unspecified atom stereocenters. The maximum absolute atomic E-state index is 12.2. The predicted molar refractivity (Wildman–Crippen MR) is 41.6 cm³/mol. The van der Waals surface area contributed by atoms with Crippen molar-refractivity contribution in [2.45, 2.75) is 13.1 Å². The quantitative estimate of drug-likeness (QED) is 0.509. The molecular formula is C9H6F4O. The van der Waals surface area contributed by atoms with Crippen LogP contribution in [0.1, 0.15) is 21.5 Å². The minimum absolute atomic E-state index is 0.0210. The Bertz CT molecular complexity index is 368. The van der Waals surface area contributed by atoms with Crippen molar-refractivity contribution >= 4 is 6.04 Å². The van der Waals surface area contributed by atoms with Crippen molar-refractivity contribution in [3.05, 3.63) is 34.9 Å². The van der Waals surface area contributed by atoms with E-state index in [1.807, 2.05) is 0 Å². The van der Waals surface area contributed by atoms with E-state index in [1.165, 1.54) is 6.92 Å². The van der Waals surface area contributed by atoms with Gasteiger partial charge in [-0.05, 0) is 30.7 Å². The molecule has 0 radical (unpaired) electrons. The maximum atomic E-state index is 12.2. The van der Waals surface area contributed by atoms with Gasteiger partial charge >= 0.3 is 12.2 Å². The molecule has 0 fully saturated rings. The van der Waals surface area contributed by atoms with Crippen LogP contribution in [0, 0.1) is 6.92 Å². The molecule has 1 aromatic rings. The highest BCUT2D eigenvalue weighted by atomic mass is 19.4. The highest BCUT2D eigenvalue weighted by molar-refractivity contribution is 5.90. The topological polar surface area (TPSA) is 17.1 Å². The van der Waals surface area contributed by atoms with Gasteiger partial charge in [0.25, 0.3) is 0 Å². The van der Waals surface area contributed by atoms with Crippen molar-refractivity contribution in [3.8, 4) is 0 Å². The zero-order valence-electron chi connectivity index (χ0n) is 7.15. The molecule has 0 saturated carbocycles.